The van der Waals surface area contributed by atoms with Gasteiger partial charge in [0.05, 0.1) is 18.3 Å². The molecule has 1 aliphatic carbocycles. The molecule has 2 saturated heterocycles. The molecule has 2 aliphatic heterocycles. The minimum Gasteiger partial charge on any atom is -0.394 e. The van der Waals surface area contributed by atoms with Gasteiger partial charge >= 0.3 is 6.72 Å². The number of aromatic amines is 1. The van der Waals surface area contributed by atoms with Crippen LogP contribution >= 0.6 is 6.72 Å². The number of nitrogens with one attached hydrogen (secondary N) is 1. The van der Waals surface area contributed by atoms with Crippen molar-refractivity contribution in [3.05, 3.63) is 35.3 Å². The van der Waals surface area contributed by atoms with Gasteiger partial charge in [-0.1, -0.05) is 0 Å². The Labute approximate surface area is 237 Å². The highest BCUT2D eigenvalue weighted by atomic mass is 32.5. The first kappa shape index (κ1) is 27.6. The number of aromatic nitrogens is 7. The molecule has 3 aliphatic rings. The third-order valence-corrected chi connectivity index (χ3v) is 9.06. The molecule has 8 N–H and O–H groups in total. The van der Waals surface area contributed by atoms with Gasteiger partial charge in [0.2, 0.25) is 5.95 Å². The highest BCUT2D eigenvalue weighted by molar-refractivity contribution is 8.07. The number of imidazole rings is 1. The lowest BCUT2D eigenvalue weighted by Crippen LogP contribution is -2.35. The van der Waals surface area contributed by atoms with E-state index in [-0.39, 0.29) is 28.6 Å². The summed E-state index contributed by atoms with van der Waals surface area (Å²) in [6.45, 7) is -5.22. The van der Waals surface area contributed by atoms with E-state index in [9.17, 15) is 19.9 Å². The number of halogens is 2. The largest absolute Gasteiger partial charge is 0.394 e. The number of aliphatic hydroxyl groups is 2. The fraction of sp³-hybridized carbons (Fsp3) is 0.476. The van der Waals surface area contributed by atoms with E-state index in [1.165, 1.54) is 17.1 Å². The van der Waals surface area contributed by atoms with E-state index in [0.29, 0.717) is 5.39 Å². The van der Waals surface area contributed by atoms with Crippen LogP contribution in [0.4, 0.5) is 20.5 Å². The molecule has 10 atom stereocenters. The number of anilines is 2. The van der Waals surface area contributed by atoms with Crippen molar-refractivity contribution in [2.75, 3.05) is 18.1 Å². The van der Waals surface area contributed by atoms with E-state index >= 15 is 8.78 Å². The lowest BCUT2D eigenvalue weighted by Gasteiger charge is -2.27. The van der Waals surface area contributed by atoms with Crippen LogP contribution in [-0.4, -0.2) is 98.1 Å². The monoisotopic (exact) mass is 629 g/mol. The number of nitrogens with zero attached hydrogens (tertiary/aromatic N) is 6. The molecule has 3 fully saturated rings. The van der Waals surface area contributed by atoms with Gasteiger partial charge in [-0.2, -0.15) is 4.98 Å². The summed E-state index contributed by atoms with van der Waals surface area (Å²) in [7, 11) is 0. The molecule has 6 heterocycles. The second-order valence-corrected chi connectivity index (χ2v) is 12.7. The van der Waals surface area contributed by atoms with Crippen molar-refractivity contribution in [3.8, 4) is 0 Å². The summed E-state index contributed by atoms with van der Waals surface area (Å²) in [5, 5.41) is 21.1. The maximum Gasteiger partial charge on any atom is 0.325 e. The number of H-pyrrole nitrogens is 1. The summed E-state index contributed by atoms with van der Waals surface area (Å²) in [6, 6.07) is 1.57. The first-order valence-corrected chi connectivity index (χ1v) is 14.9. The highest BCUT2D eigenvalue weighted by Crippen LogP contribution is 2.63. The van der Waals surface area contributed by atoms with Crippen LogP contribution in [0.15, 0.2) is 29.7 Å². The SMILES string of the molecule is Nc1nc2c(ncn2[C@@H]2O[C@H](CO)[C@@H](F)[C@H]2OP(O)(=S)OC2[C@H]3O[C@@H](n4ccc5c(N)ncnc54)[C@@H](F)[C@@]23O)c(=O)[nH]1. The van der Waals surface area contributed by atoms with E-state index in [0.717, 1.165) is 10.9 Å². The van der Waals surface area contributed by atoms with Crippen LogP contribution in [0.5, 0.6) is 0 Å². The van der Waals surface area contributed by atoms with Gasteiger partial charge < -0.3 is 40.6 Å². The van der Waals surface area contributed by atoms with Gasteiger partial charge in [-0.3, -0.25) is 23.4 Å². The molecular formula is C21H22F2N9O8PS. The molecule has 0 bridgehead atoms. The van der Waals surface area contributed by atoms with Crippen LogP contribution in [0.25, 0.3) is 22.2 Å². The Morgan fingerprint density at radius 3 is 2.67 bits per heavy atom. The molecule has 4 aromatic heterocycles. The summed E-state index contributed by atoms with van der Waals surface area (Å²) >= 11 is 5.09. The first-order valence-electron chi connectivity index (χ1n) is 12.4. The topological polar surface area (TPSA) is 244 Å². The number of alkyl halides is 2. The van der Waals surface area contributed by atoms with Crippen LogP contribution in [-0.2, 0) is 30.3 Å². The molecule has 42 heavy (non-hydrogen) atoms. The summed E-state index contributed by atoms with van der Waals surface area (Å²) in [5.41, 5.74) is 8.61. The Morgan fingerprint density at radius 2 is 1.95 bits per heavy atom. The fourth-order valence-electron chi connectivity index (χ4n) is 5.44. The van der Waals surface area contributed by atoms with Gasteiger partial charge in [-0.05, 0) is 17.9 Å². The van der Waals surface area contributed by atoms with E-state index in [2.05, 4.69) is 24.9 Å². The van der Waals surface area contributed by atoms with Crippen molar-refractivity contribution >= 4 is 52.5 Å². The van der Waals surface area contributed by atoms with Gasteiger partial charge in [0.15, 0.2) is 41.6 Å². The quantitative estimate of drug-likeness (QED) is 0.133. The number of rotatable bonds is 7. The zero-order valence-corrected chi connectivity index (χ0v) is 22.7. The number of aliphatic hydroxyl groups excluding tert-OH is 1. The summed E-state index contributed by atoms with van der Waals surface area (Å²) in [4.78, 5) is 41.3. The zero-order valence-electron chi connectivity index (χ0n) is 21.0. The van der Waals surface area contributed by atoms with Gasteiger partial charge in [-0.25, -0.2) is 23.7 Å². The molecule has 0 amide bonds. The highest BCUT2D eigenvalue weighted by Gasteiger charge is 2.80. The maximum atomic E-state index is 15.6. The van der Waals surface area contributed by atoms with Crippen LogP contribution in [0.1, 0.15) is 12.5 Å². The van der Waals surface area contributed by atoms with Crippen LogP contribution in [0.3, 0.4) is 0 Å². The Kier molecular flexibility index (Phi) is 6.18. The number of hydrogen-bond acceptors (Lipinski definition) is 14. The molecule has 0 aromatic carbocycles. The summed E-state index contributed by atoms with van der Waals surface area (Å²) in [5.74, 6) is -0.0823. The molecule has 21 heteroatoms. The van der Waals surface area contributed by atoms with Crippen molar-refractivity contribution in [2.24, 2.45) is 0 Å². The van der Waals surface area contributed by atoms with Crippen LogP contribution in [0.2, 0.25) is 0 Å². The Morgan fingerprint density at radius 1 is 1.17 bits per heavy atom. The molecule has 7 rings (SSSR count). The van der Waals surface area contributed by atoms with Gasteiger partial charge in [0, 0.05) is 6.20 Å². The molecule has 4 aromatic rings. The third-order valence-electron chi connectivity index (χ3n) is 7.54. The van der Waals surface area contributed by atoms with Crippen molar-refractivity contribution in [1.29, 1.82) is 0 Å². The van der Waals surface area contributed by atoms with E-state index < -0.39 is 73.7 Å². The van der Waals surface area contributed by atoms with Crippen molar-refractivity contribution in [3.63, 3.8) is 0 Å². The lowest BCUT2D eigenvalue weighted by molar-refractivity contribution is -0.0648. The molecule has 0 spiro atoms. The van der Waals surface area contributed by atoms with Gasteiger partial charge in [-0.15, -0.1) is 0 Å². The average molecular weight is 629 g/mol. The number of ether oxygens (including phenoxy) is 2. The van der Waals surface area contributed by atoms with Crippen molar-refractivity contribution in [1.82, 2.24) is 34.1 Å². The Hall–Kier alpha value is -3.20. The molecule has 17 nitrogen and oxygen atoms in total. The Bertz CT molecular complexity index is 1830. The lowest BCUT2D eigenvalue weighted by atomic mass is 10.1. The standard InChI is InChI=1S/C21H22F2N9O8PS/c22-8-7(3-33)37-18(32-5-28-9-16(32)29-20(25)30-17(9)34)10(8)39-41(36,42)40-13-12-21(13,35)11(23)19(38-12)31-2-1-6-14(24)26-4-27-15(6)31/h1-2,4-5,7-8,10-13,18-19,33,35H,3H2,(H,36,42)(H2,24,26,27)(H3,25,29,30,34)/t7-,8-,10-,11-,12-,13?,18-,19-,21+,41?/m1/s1. The fourth-order valence-corrected chi connectivity index (χ4v) is 7.17. The van der Waals surface area contributed by atoms with Crippen molar-refractivity contribution < 1.29 is 42.4 Å². The maximum absolute atomic E-state index is 15.6. The summed E-state index contributed by atoms with van der Waals surface area (Å²) < 4.78 is 55.6. The molecular weight excluding hydrogens is 607 g/mol. The number of nitrogens with two attached hydrogens (primary N) is 2. The Balaban J connectivity index is 1.11. The average Bonchev–Trinajstić information content (AvgIpc) is 3.45. The van der Waals surface area contributed by atoms with Crippen molar-refractivity contribution in [2.45, 2.75) is 54.8 Å². The first-order chi connectivity index (χ1) is 19.9. The molecule has 2 unspecified atom stereocenters. The number of hydrogen-bond donors (Lipinski definition) is 6. The summed E-state index contributed by atoms with van der Waals surface area (Å²) in [6.07, 6.45) is -8.93. The van der Waals surface area contributed by atoms with E-state index in [1.54, 1.807) is 6.07 Å². The second kappa shape index (κ2) is 9.40. The van der Waals surface area contributed by atoms with Crippen LogP contribution in [0, 0.1) is 0 Å². The smallest absolute Gasteiger partial charge is 0.325 e. The molecule has 0 radical (unpaired) electrons. The van der Waals surface area contributed by atoms with Crippen LogP contribution < -0.4 is 17.0 Å². The zero-order chi connectivity index (χ0) is 29.7. The van der Waals surface area contributed by atoms with E-state index in [4.69, 9.17) is 41.8 Å². The third kappa shape index (κ3) is 3.98. The normalized spacial score (nSPS) is 35.5. The molecule has 224 valence electrons. The number of nitrogen functional groups attached to an aromatic ring is 2. The molecule has 1 saturated carbocycles. The van der Waals surface area contributed by atoms with Gasteiger partial charge in [0.25, 0.3) is 5.56 Å². The predicted molar refractivity (Wildman–Crippen MR) is 140 cm³/mol. The second-order valence-electron chi connectivity index (χ2n) is 9.99. The minimum absolute atomic E-state index is 0.0943. The number of fused-ring (bicyclic) bond motifs is 3. The minimum atomic E-state index is -4.44. The predicted octanol–water partition coefficient (Wildman–Crippen LogP) is -1.08. The van der Waals surface area contributed by atoms with Gasteiger partial charge in [0.1, 0.15) is 42.2 Å². The van der Waals surface area contributed by atoms with E-state index in [1.807, 2.05) is 0 Å².